The molecule has 1 saturated heterocycles. The Kier molecular flexibility index (Phi) is 9.50. The molecule has 1 fully saturated rings. The molecule has 3 heterocycles. The minimum Gasteiger partial charge on any atom is -0.368 e. The number of carbonyl (C=O) groups excluding carboxylic acids is 2. The van der Waals surface area contributed by atoms with Gasteiger partial charge in [0.2, 0.25) is 11.8 Å². The van der Waals surface area contributed by atoms with E-state index in [1.54, 1.807) is 0 Å². The van der Waals surface area contributed by atoms with Crippen LogP contribution >= 0.6 is 0 Å². The normalized spacial score (nSPS) is 16.0. The van der Waals surface area contributed by atoms with Crippen molar-refractivity contribution in [3.63, 3.8) is 0 Å². The molecule has 2 aromatic heterocycles. The third kappa shape index (κ3) is 7.20. The van der Waals surface area contributed by atoms with E-state index in [2.05, 4.69) is 20.4 Å². The number of benzene rings is 2. The van der Waals surface area contributed by atoms with E-state index in [9.17, 15) is 9.59 Å². The first kappa shape index (κ1) is 31.0. The van der Waals surface area contributed by atoms with Crippen LogP contribution in [0.5, 0.6) is 0 Å². The summed E-state index contributed by atoms with van der Waals surface area (Å²) >= 11 is 0. The lowest BCUT2D eigenvalue weighted by atomic mass is 10.0. The highest BCUT2D eigenvalue weighted by atomic mass is 16.2. The summed E-state index contributed by atoms with van der Waals surface area (Å²) in [5, 5.41) is 8.26. The summed E-state index contributed by atoms with van der Waals surface area (Å²) in [5.41, 5.74) is 13.0. The maximum absolute atomic E-state index is 12.1. The second-order valence-electron chi connectivity index (χ2n) is 12.1. The van der Waals surface area contributed by atoms with E-state index in [-0.39, 0.29) is 11.8 Å². The Morgan fingerprint density at radius 2 is 1.02 bits per heavy atom. The number of nitrogens with zero attached hydrogens (tertiary/aromatic N) is 6. The van der Waals surface area contributed by atoms with Crippen molar-refractivity contribution >= 4 is 45.3 Å². The summed E-state index contributed by atoms with van der Waals surface area (Å²) in [6.45, 7) is 12.3. The van der Waals surface area contributed by atoms with Gasteiger partial charge in [-0.25, -0.2) is 19.9 Å². The molecule has 1 aliphatic rings. The molecule has 1 unspecified atom stereocenters. The van der Waals surface area contributed by atoms with Gasteiger partial charge in [0, 0.05) is 37.0 Å². The summed E-state index contributed by atoms with van der Waals surface area (Å²) in [5.74, 6) is 1.82. The molecule has 0 saturated carbocycles. The topological polar surface area (TPSA) is 168 Å². The van der Waals surface area contributed by atoms with Gasteiger partial charge in [0.05, 0.1) is 24.1 Å². The fourth-order valence-electron chi connectivity index (χ4n) is 5.54. The van der Waals surface area contributed by atoms with Gasteiger partial charge in [0.25, 0.3) is 0 Å². The Labute approximate surface area is 257 Å². The van der Waals surface area contributed by atoms with Crippen molar-refractivity contribution in [2.24, 2.45) is 23.3 Å². The predicted molar refractivity (Wildman–Crippen MR) is 173 cm³/mol. The van der Waals surface area contributed by atoms with Crippen LogP contribution in [0.1, 0.15) is 39.3 Å². The summed E-state index contributed by atoms with van der Waals surface area (Å²) < 4.78 is 0. The molecule has 2 atom stereocenters. The predicted octanol–water partition coefficient (Wildman–Crippen LogP) is 2.73. The molecule has 1 aliphatic heterocycles. The lowest BCUT2D eigenvalue weighted by Gasteiger charge is -2.34. The molecule has 44 heavy (non-hydrogen) atoms. The van der Waals surface area contributed by atoms with Gasteiger partial charge in [-0.2, -0.15) is 0 Å². The monoisotopic (exact) mass is 598 g/mol. The maximum atomic E-state index is 12.1. The SMILES string of the molecule is CC(C)C(Nc1nc(CN2CCN(Cc3nc(N[C@H](C(N)=O)C(C)C)c4ccccc4n3)CC2)nc2ccccc12)C(N)=O. The first-order valence-electron chi connectivity index (χ1n) is 15.2. The molecule has 5 rings (SSSR count). The molecule has 12 heteroatoms. The van der Waals surface area contributed by atoms with E-state index < -0.39 is 23.9 Å². The number of piperazine rings is 1. The zero-order valence-electron chi connectivity index (χ0n) is 25.8. The molecule has 6 N–H and O–H groups in total. The number of rotatable bonds is 12. The minimum absolute atomic E-state index is 0.0102. The third-order valence-corrected chi connectivity index (χ3v) is 8.02. The average Bonchev–Trinajstić information content (AvgIpc) is 2.98. The highest BCUT2D eigenvalue weighted by molar-refractivity contribution is 5.93. The van der Waals surface area contributed by atoms with Crippen LogP contribution < -0.4 is 22.1 Å². The fraction of sp³-hybridized carbons (Fsp3) is 0.438. The van der Waals surface area contributed by atoms with Crippen LogP contribution in [0.25, 0.3) is 21.8 Å². The number of anilines is 2. The van der Waals surface area contributed by atoms with E-state index in [4.69, 9.17) is 31.4 Å². The molecule has 0 bridgehead atoms. The molecule has 12 nitrogen and oxygen atoms in total. The molecule has 2 aromatic carbocycles. The van der Waals surface area contributed by atoms with E-state index in [0.29, 0.717) is 36.4 Å². The minimum atomic E-state index is -0.537. The van der Waals surface area contributed by atoms with Crippen LogP contribution in [0.2, 0.25) is 0 Å². The van der Waals surface area contributed by atoms with Crippen molar-refractivity contribution < 1.29 is 9.59 Å². The average molecular weight is 599 g/mol. The standard InChI is InChI=1S/C32H42N10O2/c1-19(2)27(29(33)43)39-31-21-9-5-7-11-23(21)35-25(37-31)17-41-13-15-42(16-14-41)18-26-36-24-12-8-6-10-22(24)32(38-26)40-28(20(3)4)30(34)44/h5-12,19-20,27-28H,13-18H2,1-4H3,(H2,33,43)(H2,34,44)(H,35,37,39)(H,36,38,40)/t27-,28?/m0/s1. The van der Waals surface area contributed by atoms with Gasteiger partial charge in [0.15, 0.2) is 0 Å². The van der Waals surface area contributed by atoms with Crippen molar-refractivity contribution in [1.82, 2.24) is 29.7 Å². The Bertz CT molecular complexity index is 1510. The highest BCUT2D eigenvalue weighted by Crippen LogP contribution is 2.25. The number of carbonyl (C=O) groups is 2. The van der Waals surface area contributed by atoms with Crippen LogP contribution in [0.4, 0.5) is 11.6 Å². The molecule has 232 valence electrons. The number of amides is 2. The lowest BCUT2D eigenvalue weighted by Crippen LogP contribution is -2.46. The maximum Gasteiger partial charge on any atom is 0.240 e. The van der Waals surface area contributed by atoms with Gasteiger partial charge in [-0.05, 0) is 36.1 Å². The van der Waals surface area contributed by atoms with Gasteiger partial charge in [0.1, 0.15) is 35.4 Å². The lowest BCUT2D eigenvalue weighted by molar-refractivity contribution is -0.120. The number of nitrogens with one attached hydrogen (secondary N) is 2. The Balaban J connectivity index is 1.28. The number of primary amides is 2. The Morgan fingerprint density at radius 3 is 1.36 bits per heavy atom. The van der Waals surface area contributed by atoms with Crippen LogP contribution in [0.15, 0.2) is 48.5 Å². The summed E-state index contributed by atoms with van der Waals surface area (Å²) in [4.78, 5) is 48.1. The Morgan fingerprint density at radius 1 is 0.659 bits per heavy atom. The molecule has 0 aliphatic carbocycles. The summed E-state index contributed by atoms with van der Waals surface area (Å²) in [6.07, 6.45) is 0. The first-order chi connectivity index (χ1) is 21.1. The number of fused-ring (bicyclic) bond motifs is 2. The van der Waals surface area contributed by atoms with Crippen molar-refractivity contribution in [2.75, 3.05) is 36.8 Å². The van der Waals surface area contributed by atoms with Crippen molar-refractivity contribution in [2.45, 2.75) is 52.9 Å². The number of aromatic nitrogens is 4. The van der Waals surface area contributed by atoms with Crippen LogP contribution in [0.3, 0.4) is 0 Å². The second kappa shape index (κ2) is 13.5. The smallest absolute Gasteiger partial charge is 0.240 e. The quantitative estimate of drug-likeness (QED) is 0.190. The number of hydrogen-bond donors (Lipinski definition) is 4. The fourth-order valence-corrected chi connectivity index (χ4v) is 5.54. The molecular formula is C32H42N10O2. The van der Waals surface area contributed by atoms with Crippen molar-refractivity contribution in [1.29, 1.82) is 0 Å². The molecule has 2 amide bonds. The second-order valence-corrected chi connectivity index (χ2v) is 12.1. The zero-order valence-corrected chi connectivity index (χ0v) is 25.8. The molecule has 0 radical (unpaired) electrons. The Hall–Kier alpha value is -4.42. The van der Waals surface area contributed by atoms with Crippen LogP contribution in [-0.2, 0) is 22.7 Å². The molecule has 0 spiro atoms. The molecule has 4 aromatic rings. The third-order valence-electron chi connectivity index (χ3n) is 8.02. The van der Waals surface area contributed by atoms with Gasteiger partial charge >= 0.3 is 0 Å². The highest BCUT2D eigenvalue weighted by Gasteiger charge is 2.24. The largest absolute Gasteiger partial charge is 0.368 e. The number of hydrogen-bond acceptors (Lipinski definition) is 10. The number of nitrogens with two attached hydrogens (primary N) is 2. The van der Waals surface area contributed by atoms with Crippen molar-refractivity contribution in [3.8, 4) is 0 Å². The summed E-state index contributed by atoms with van der Waals surface area (Å²) in [7, 11) is 0. The van der Waals surface area contributed by atoms with Gasteiger partial charge in [-0.3, -0.25) is 19.4 Å². The van der Waals surface area contributed by atoms with Crippen LogP contribution in [0, 0.1) is 11.8 Å². The van der Waals surface area contributed by atoms with Gasteiger partial charge in [-0.1, -0.05) is 52.0 Å². The van der Waals surface area contributed by atoms with Crippen molar-refractivity contribution in [3.05, 3.63) is 60.2 Å². The molecular weight excluding hydrogens is 556 g/mol. The van der Waals surface area contributed by atoms with Crippen LogP contribution in [-0.4, -0.2) is 79.8 Å². The van der Waals surface area contributed by atoms with Gasteiger partial charge < -0.3 is 22.1 Å². The van der Waals surface area contributed by atoms with E-state index >= 15 is 0 Å². The van der Waals surface area contributed by atoms with E-state index in [1.807, 2.05) is 76.2 Å². The summed E-state index contributed by atoms with van der Waals surface area (Å²) in [6, 6.07) is 14.5. The number of para-hydroxylation sites is 2. The first-order valence-corrected chi connectivity index (χ1v) is 15.2. The van der Waals surface area contributed by atoms with Gasteiger partial charge in [-0.15, -0.1) is 0 Å². The van der Waals surface area contributed by atoms with E-state index in [0.717, 1.165) is 48.0 Å². The zero-order chi connectivity index (χ0) is 31.4. The van der Waals surface area contributed by atoms with E-state index in [1.165, 1.54) is 0 Å².